The van der Waals surface area contributed by atoms with Crippen molar-refractivity contribution in [3.63, 3.8) is 0 Å². The van der Waals surface area contributed by atoms with E-state index in [4.69, 9.17) is 5.26 Å². The van der Waals surface area contributed by atoms with Crippen molar-refractivity contribution in [1.29, 1.82) is 5.26 Å². The lowest BCUT2D eigenvalue weighted by molar-refractivity contribution is -0.134. The zero-order valence-electron chi connectivity index (χ0n) is 15.7. The van der Waals surface area contributed by atoms with Gasteiger partial charge in [-0.15, -0.1) is 0 Å². The summed E-state index contributed by atoms with van der Waals surface area (Å²) in [5, 5.41) is 14.4. The molecule has 28 heavy (non-hydrogen) atoms. The summed E-state index contributed by atoms with van der Waals surface area (Å²) in [4.78, 5) is 38.4. The number of nitriles is 1. The van der Waals surface area contributed by atoms with Crippen LogP contribution in [0.25, 0.3) is 0 Å². The number of benzene rings is 2. The normalized spacial score (nSPS) is 18.5. The number of nitrogens with zero attached hydrogens (tertiary/aromatic N) is 2. The van der Waals surface area contributed by atoms with E-state index >= 15 is 0 Å². The largest absolute Gasteiger partial charge is 0.350 e. The Kier molecular flexibility index (Phi) is 5.14. The molecule has 1 atom stereocenters. The van der Waals surface area contributed by atoms with Gasteiger partial charge >= 0.3 is 6.03 Å². The first-order valence-corrected chi connectivity index (χ1v) is 8.81. The molecule has 1 aliphatic heterocycles. The van der Waals surface area contributed by atoms with Gasteiger partial charge in [-0.3, -0.25) is 14.5 Å². The van der Waals surface area contributed by atoms with Crippen molar-refractivity contribution < 1.29 is 14.4 Å². The predicted molar refractivity (Wildman–Crippen MR) is 102 cm³/mol. The predicted octanol–water partition coefficient (Wildman–Crippen LogP) is 1.95. The number of amides is 4. The Bertz CT molecular complexity index is 995. The minimum atomic E-state index is -1.32. The summed E-state index contributed by atoms with van der Waals surface area (Å²) in [5.41, 5.74) is 1.57. The number of carbonyl (C=O) groups excluding carboxylic acids is 3. The number of aryl methyl sites for hydroxylation is 1. The van der Waals surface area contributed by atoms with Crippen molar-refractivity contribution in [2.75, 3.05) is 6.54 Å². The van der Waals surface area contributed by atoms with E-state index in [0.29, 0.717) is 17.7 Å². The summed E-state index contributed by atoms with van der Waals surface area (Å²) in [6, 6.07) is 15.5. The van der Waals surface area contributed by atoms with Crippen LogP contribution in [0.3, 0.4) is 0 Å². The Hall–Kier alpha value is -3.66. The highest BCUT2D eigenvalue weighted by Gasteiger charge is 2.49. The van der Waals surface area contributed by atoms with Crippen molar-refractivity contribution in [1.82, 2.24) is 15.5 Å². The van der Waals surface area contributed by atoms with E-state index in [1.165, 1.54) is 0 Å². The molecule has 7 heteroatoms. The maximum absolute atomic E-state index is 12.9. The van der Waals surface area contributed by atoms with Gasteiger partial charge in [0.2, 0.25) is 5.91 Å². The summed E-state index contributed by atoms with van der Waals surface area (Å²) in [5.74, 6) is -0.958. The lowest BCUT2D eigenvalue weighted by atomic mass is 9.91. The number of urea groups is 1. The average Bonchev–Trinajstić information content (AvgIpc) is 2.91. The highest BCUT2D eigenvalue weighted by molar-refractivity contribution is 6.09. The van der Waals surface area contributed by atoms with Crippen LogP contribution < -0.4 is 10.6 Å². The third kappa shape index (κ3) is 3.58. The molecule has 142 valence electrons. The second-order valence-corrected chi connectivity index (χ2v) is 6.84. The number of hydrogen-bond acceptors (Lipinski definition) is 4. The molecule has 0 unspecified atom stereocenters. The first-order chi connectivity index (χ1) is 13.3. The molecular weight excluding hydrogens is 356 g/mol. The topological polar surface area (TPSA) is 102 Å². The highest BCUT2D eigenvalue weighted by Crippen LogP contribution is 2.29. The van der Waals surface area contributed by atoms with E-state index in [9.17, 15) is 14.4 Å². The third-order valence-electron chi connectivity index (χ3n) is 4.88. The summed E-state index contributed by atoms with van der Waals surface area (Å²) >= 11 is 0. The highest BCUT2D eigenvalue weighted by atomic mass is 16.2. The second kappa shape index (κ2) is 7.53. The number of carbonyl (C=O) groups is 3. The molecule has 2 aromatic rings. The molecule has 0 radical (unpaired) electrons. The second-order valence-electron chi connectivity index (χ2n) is 6.84. The summed E-state index contributed by atoms with van der Waals surface area (Å²) in [6.45, 7) is 3.45. The first kappa shape index (κ1) is 19.1. The molecule has 1 heterocycles. The Morgan fingerprint density at radius 1 is 1.21 bits per heavy atom. The van der Waals surface area contributed by atoms with Crippen molar-refractivity contribution in [2.45, 2.75) is 25.9 Å². The van der Waals surface area contributed by atoms with Crippen LogP contribution in [0.1, 0.15) is 29.2 Å². The van der Waals surface area contributed by atoms with Crippen LogP contribution in [0.15, 0.2) is 48.5 Å². The summed E-state index contributed by atoms with van der Waals surface area (Å²) in [6.07, 6.45) is 0. The van der Waals surface area contributed by atoms with E-state index in [-0.39, 0.29) is 6.54 Å². The maximum atomic E-state index is 12.9. The Morgan fingerprint density at radius 3 is 2.68 bits per heavy atom. The van der Waals surface area contributed by atoms with Gasteiger partial charge < -0.3 is 10.6 Å². The Labute approximate surface area is 163 Å². The molecule has 3 rings (SSSR count). The van der Waals surface area contributed by atoms with Crippen LogP contribution >= 0.6 is 0 Å². The molecule has 2 aromatic carbocycles. The van der Waals surface area contributed by atoms with Gasteiger partial charge in [0.05, 0.1) is 11.6 Å². The van der Waals surface area contributed by atoms with Gasteiger partial charge in [0.1, 0.15) is 12.1 Å². The van der Waals surface area contributed by atoms with Gasteiger partial charge in [0, 0.05) is 6.54 Å². The molecule has 7 nitrogen and oxygen atoms in total. The lowest BCUT2D eigenvalue weighted by Crippen LogP contribution is -2.43. The number of rotatable bonds is 5. The van der Waals surface area contributed by atoms with Crippen LogP contribution in [0, 0.1) is 18.3 Å². The maximum Gasteiger partial charge on any atom is 0.325 e. The van der Waals surface area contributed by atoms with Gasteiger partial charge in [-0.25, -0.2) is 4.79 Å². The standard InChI is InChI=1S/C21H20N4O3/c1-14-6-3-4-8-16(14)12-23-18(26)13-25-19(27)21(2,24-20(25)28)17-9-5-7-15(10-17)11-22/h3-10H,12-13H2,1-2H3,(H,23,26)(H,24,28)/t21-/m0/s1. The van der Waals surface area contributed by atoms with Gasteiger partial charge in [0.25, 0.3) is 5.91 Å². The minimum Gasteiger partial charge on any atom is -0.350 e. The molecular formula is C21H20N4O3. The molecule has 4 amide bonds. The first-order valence-electron chi connectivity index (χ1n) is 8.81. The molecule has 1 fully saturated rings. The Balaban J connectivity index is 1.70. The number of hydrogen-bond donors (Lipinski definition) is 2. The number of nitrogens with one attached hydrogen (secondary N) is 2. The van der Waals surface area contributed by atoms with Crippen molar-refractivity contribution in [2.24, 2.45) is 0 Å². The van der Waals surface area contributed by atoms with Crippen LogP contribution in [0.4, 0.5) is 4.79 Å². The smallest absolute Gasteiger partial charge is 0.325 e. The fraction of sp³-hybridized carbons (Fsp3) is 0.238. The average molecular weight is 376 g/mol. The van der Waals surface area contributed by atoms with Crippen molar-refractivity contribution in [3.05, 3.63) is 70.8 Å². The van der Waals surface area contributed by atoms with E-state index in [2.05, 4.69) is 10.6 Å². The van der Waals surface area contributed by atoms with Crippen molar-refractivity contribution in [3.8, 4) is 6.07 Å². The fourth-order valence-corrected chi connectivity index (χ4v) is 3.14. The molecule has 0 spiro atoms. The van der Waals surface area contributed by atoms with Gasteiger partial charge in [-0.1, -0.05) is 36.4 Å². The van der Waals surface area contributed by atoms with E-state index in [0.717, 1.165) is 16.0 Å². The summed E-state index contributed by atoms with van der Waals surface area (Å²) < 4.78 is 0. The van der Waals surface area contributed by atoms with E-state index in [1.807, 2.05) is 37.3 Å². The van der Waals surface area contributed by atoms with Crippen LogP contribution in [0.2, 0.25) is 0 Å². The van der Waals surface area contributed by atoms with E-state index in [1.54, 1.807) is 31.2 Å². The van der Waals surface area contributed by atoms with E-state index < -0.39 is 23.4 Å². The fourth-order valence-electron chi connectivity index (χ4n) is 3.14. The van der Waals surface area contributed by atoms with Gasteiger partial charge in [-0.2, -0.15) is 5.26 Å². The minimum absolute atomic E-state index is 0.316. The molecule has 1 saturated heterocycles. The zero-order chi connectivity index (χ0) is 20.3. The zero-order valence-corrected chi connectivity index (χ0v) is 15.7. The molecule has 0 aromatic heterocycles. The molecule has 0 saturated carbocycles. The monoisotopic (exact) mass is 376 g/mol. The quantitative estimate of drug-likeness (QED) is 0.779. The molecule has 0 aliphatic carbocycles. The lowest BCUT2D eigenvalue weighted by Gasteiger charge is -2.22. The molecule has 2 N–H and O–H groups in total. The van der Waals surface area contributed by atoms with Crippen LogP contribution in [-0.2, 0) is 21.7 Å². The molecule has 1 aliphatic rings. The Morgan fingerprint density at radius 2 is 1.96 bits per heavy atom. The van der Waals surface area contributed by atoms with Gasteiger partial charge in [-0.05, 0) is 42.7 Å². The van der Waals surface area contributed by atoms with Gasteiger partial charge in [0.15, 0.2) is 0 Å². The third-order valence-corrected chi connectivity index (χ3v) is 4.88. The number of imide groups is 1. The summed E-state index contributed by atoms with van der Waals surface area (Å²) in [7, 11) is 0. The van der Waals surface area contributed by atoms with Crippen molar-refractivity contribution >= 4 is 17.8 Å². The molecule has 0 bridgehead atoms. The van der Waals surface area contributed by atoms with Crippen LogP contribution in [0.5, 0.6) is 0 Å². The SMILES string of the molecule is Cc1ccccc1CNC(=O)CN1C(=O)N[C@@](C)(c2cccc(C#N)c2)C1=O. The van der Waals surface area contributed by atoms with Crippen LogP contribution in [-0.4, -0.2) is 29.3 Å².